The zero-order valence-electron chi connectivity index (χ0n) is 31.9. The molecule has 0 heterocycles. The molecule has 3 N–H and O–H groups in total. The van der Waals surface area contributed by atoms with Crippen LogP contribution in [0.5, 0.6) is 0 Å². The topological polar surface area (TPSA) is 97.3 Å². The molecule has 5 atom stereocenters. The molecule has 3 rings (SSSR count). The first kappa shape index (κ1) is 41.9. The fraction of sp³-hybridized carbons (Fsp3) is 0.833. The Morgan fingerprint density at radius 1 is 0.980 bits per heavy atom. The van der Waals surface area contributed by atoms with Crippen molar-refractivity contribution < 1.29 is 29.2 Å². The van der Waals surface area contributed by atoms with E-state index < -0.39 is 5.60 Å². The van der Waals surface area contributed by atoms with Crippen molar-refractivity contribution in [2.45, 2.75) is 155 Å². The second kappa shape index (κ2) is 22.4. The molecule has 0 saturated heterocycles. The summed E-state index contributed by atoms with van der Waals surface area (Å²) in [5.74, 6) is 2.24. The molecule has 3 aliphatic rings. The Morgan fingerprint density at radius 3 is 2.47 bits per heavy atom. The number of carbonyl (C=O) groups excluding carboxylic acids is 1. The number of aliphatic hydroxyl groups excluding tert-OH is 1. The zero-order valence-corrected chi connectivity index (χ0v) is 31.9. The molecule has 0 spiro atoms. The van der Waals surface area contributed by atoms with Crippen molar-refractivity contribution in [3.8, 4) is 0 Å². The summed E-state index contributed by atoms with van der Waals surface area (Å²) in [6, 6.07) is 0. The highest BCUT2D eigenvalue weighted by Crippen LogP contribution is 2.60. The lowest BCUT2D eigenvalue weighted by molar-refractivity contribution is -0.122. The summed E-state index contributed by atoms with van der Waals surface area (Å²) < 4.78 is 17.3. The summed E-state index contributed by atoms with van der Waals surface area (Å²) in [5.41, 5.74) is 4.34. The molecule has 3 saturated carbocycles. The van der Waals surface area contributed by atoms with E-state index in [0.717, 1.165) is 70.1 Å². The van der Waals surface area contributed by atoms with Crippen molar-refractivity contribution in [3.05, 3.63) is 35.5 Å². The van der Waals surface area contributed by atoms with Gasteiger partial charge in [0, 0.05) is 46.0 Å². The number of hydrogen-bond acceptors (Lipinski definition) is 6. The van der Waals surface area contributed by atoms with Crippen molar-refractivity contribution >= 4 is 5.91 Å². The molecule has 282 valence electrons. The number of ether oxygens (including phenoxy) is 3. The minimum atomic E-state index is -0.556. The smallest absolute Gasteiger partial charge is 0.222 e. The minimum Gasteiger partial charge on any atom is -0.396 e. The van der Waals surface area contributed by atoms with E-state index in [-0.39, 0.29) is 18.6 Å². The van der Waals surface area contributed by atoms with Crippen molar-refractivity contribution in [3.63, 3.8) is 0 Å². The van der Waals surface area contributed by atoms with Gasteiger partial charge in [0.25, 0.3) is 0 Å². The number of unbranched alkanes of at least 4 members (excludes halogenated alkanes) is 1. The van der Waals surface area contributed by atoms with Crippen LogP contribution in [0.15, 0.2) is 35.5 Å². The van der Waals surface area contributed by atoms with Crippen molar-refractivity contribution in [1.29, 1.82) is 0 Å². The Kier molecular flexibility index (Phi) is 19.2. The van der Waals surface area contributed by atoms with E-state index in [1.807, 2.05) is 13.8 Å². The van der Waals surface area contributed by atoms with Gasteiger partial charge >= 0.3 is 0 Å². The molecular formula is C42H73NO6. The maximum absolute atomic E-state index is 12.2. The molecule has 7 heteroatoms. The molecule has 0 aromatic carbocycles. The predicted molar refractivity (Wildman–Crippen MR) is 200 cm³/mol. The van der Waals surface area contributed by atoms with Crippen molar-refractivity contribution in [2.75, 3.05) is 46.2 Å². The van der Waals surface area contributed by atoms with Gasteiger partial charge in [-0.15, -0.1) is 0 Å². The van der Waals surface area contributed by atoms with Gasteiger partial charge in [0.05, 0.1) is 18.3 Å². The highest BCUT2D eigenvalue weighted by atomic mass is 16.5. The van der Waals surface area contributed by atoms with Crippen LogP contribution in [0.2, 0.25) is 0 Å². The van der Waals surface area contributed by atoms with Crippen LogP contribution in [0.3, 0.4) is 0 Å². The monoisotopic (exact) mass is 688 g/mol. The molecule has 0 aromatic heterocycles. The number of carbonyl (C=O) groups is 1. The molecular weight excluding hydrogens is 614 g/mol. The van der Waals surface area contributed by atoms with Crippen LogP contribution >= 0.6 is 0 Å². The molecule has 0 bridgehead atoms. The van der Waals surface area contributed by atoms with Crippen LogP contribution in [0, 0.1) is 23.2 Å². The Labute approximate surface area is 299 Å². The maximum Gasteiger partial charge on any atom is 0.222 e. The van der Waals surface area contributed by atoms with Gasteiger partial charge in [-0.2, -0.15) is 0 Å². The summed E-state index contributed by atoms with van der Waals surface area (Å²) >= 11 is 0. The number of fused-ring (bicyclic) bond motifs is 1. The summed E-state index contributed by atoms with van der Waals surface area (Å²) in [6.07, 6.45) is 23.9. The van der Waals surface area contributed by atoms with E-state index in [4.69, 9.17) is 19.3 Å². The number of aliphatic hydroxyl groups is 2. The van der Waals surface area contributed by atoms with E-state index >= 15 is 0 Å². The molecule has 0 radical (unpaired) electrons. The molecule has 0 aliphatic heterocycles. The molecule has 7 nitrogen and oxygen atoms in total. The maximum atomic E-state index is 12.2. The van der Waals surface area contributed by atoms with Crippen LogP contribution in [0.1, 0.15) is 143 Å². The Hall–Kier alpha value is -1.51. The first-order valence-corrected chi connectivity index (χ1v) is 19.9. The number of hydrogen-bond donors (Lipinski definition) is 3. The second-order valence-electron chi connectivity index (χ2n) is 16.3. The second-order valence-corrected chi connectivity index (χ2v) is 16.3. The Balaban J connectivity index is 1.35. The van der Waals surface area contributed by atoms with Crippen molar-refractivity contribution in [1.82, 2.24) is 5.32 Å². The van der Waals surface area contributed by atoms with Crippen LogP contribution in [0.4, 0.5) is 0 Å². The van der Waals surface area contributed by atoms with E-state index in [0.29, 0.717) is 69.7 Å². The van der Waals surface area contributed by atoms with Gasteiger partial charge in [0.15, 0.2) is 0 Å². The molecule has 3 fully saturated rings. The highest BCUT2D eigenvalue weighted by Gasteiger charge is 2.50. The van der Waals surface area contributed by atoms with Gasteiger partial charge in [0.1, 0.15) is 0 Å². The lowest BCUT2D eigenvalue weighted by Crippen LogP contribution is -2.36. The van der Waals surface area contributed by atoms with Gasteiger partial charge in [-0.3, -0.25) is 4.79 Å². The average molecular weight is 688 g/mol. The summed E-state index contributed by atoms with van der Waals surface area (Å²) in [4.78, 5) is 12.2. The van der Waals surface area contributed by atoms with E-state index in [2.05, 4.69) is 37.9 Å². The molecule has 0 unspecified atom stereocenters. The Morgan fingerprint density at radius 2 is 1.71 bits per heavy atom. The number of rotatable bonds is 22. The lowest BCUT2D eigenvalue weighted by atomic mass is 9.60. The van der Waals surface area contributed by atoms with Crippen LogP contribution < -0.4 is 5.32 Å². The van der Waals surface area contributed by atoms with Crippen LogP contribution in [-0.2, 0) is 19.0 Å². The van der Waals surface area contributed by atoms with Gasteiger partial charge in [-0.1, -0.05) is 62.1 Å². The van der Waals surface area contributed by atoms with Gasteiger partial charge in [-0.25, -0.2) is 0 Å². The van der Waals surface area contributed by atoms with Crippen molar-refractivity contribution in [2.24, 2.45) is 23.2 Å². The molecule has 3 aliphatic carbocycles. The van der Waals surface area contributed by atoms with E-state index in [1.54, 1.807) is 5.57 Å². The van der Waals surface area contributed by atoms with Gasteiger partial charge in [0.2, 0.25) is 5.91 Å². The fourth-order valence-electron chi connectivity index (χ4n) is 8.74. The van der Waals surface area contributed by atoms with Gasteiger partial charge < -0.3 is 29.7 Å². The predicted octanol–water partition coefficient (Wildman–Crippen LogP) is 8.63. The number of allylic oxidation sites excluding steroid dienone is 5. The van der Waals surface area contributed by atoms with E-state index in [9.17, 15) is 9.90 Å². The largest absolute Gasteiger partial charge is 0.396 e. The zero-order chi connectivity index (χ0) is 35.5. The molecule has 0 aromatic rings. The summed E-state index contributed by atoms with van der Waals surface area (Å²) in [5, 5.41) is 21.9. The quantitative estimate of drug-likeness (QED) is 0.0779. The van der Waals surface area contributed by atoms with E-state index in [1.165, 1.54) is 49.7 Å². The third kappa shape index (κ3) is 15.7. The fourth-order valence-corrected chi connectivity index (χ4v) is 8.74. The SMILES string of the molecule is C=C1CC[C@H](OCCCNC(=O)CCOCCCCOCCCO)CC/C(=C/C=C2\CCC[C@]3(C)[C@@H]([C@H](C)CCCC(C)(C)O)CC[C@@H]23)C1. The van der Waals surface area contributed by atoms with Gasteiger partial charge in [-0.05, 0) is 133 Å². The minimum absolute atomic E-state index is 0.0292. The highest BCUT2D eigenvalue weighted by molar-refractivity contribution is 5.75. The first-order valence-electron chi connectivity index (χ1n) is 19.9. The normalized spacial score (nSPS) is 27.2. The summed E-state index contributed by atoms with van der Waals surface area (Å²) in [7, 11) is 0. The number of nitrogens with one attached hydrogen (secondary N) is 1. The van der Waals surface area contributed by atoms with Crippen LogP contribution in [-0.4, -0.2) is 74.0 Å². The summed E-state index contributed by atoms with van der Waals surface area (Å²) in [6.45, 7) is 17.2. The standard InChI is InChI=1S/C42H73NO6/c1-33-14-18-37(49-30-10-25-43-40(45)22-31-48-28-7-6-27-47-29-11-26-44)19-16-35(32-33)15-17-36-13-9-24-42(5)38(20-21-39(36)42)34(2)12-8-23-41(3,4)46/h15,17,34,37-39,44,46H,1,6-14,16,18-32H2,2-5H3,(H,43,45)/b35-15-,36-17+/t34-,37+,38-,39+,42-/m1/s1. The lowest BCUT2D eigenvalue weighted by Gasteiger charge is -2.44. The first-order chi connectivity index (χ1) is 23.5. The molecule has 1 amide bonds. The molecule has 49 heavy (non-hydrogen) atoms. The third-order valence-corrected chi connectivity index (χ3v) is 11.5. The van der Waals surface area contributed by atoms with Crippen LogP contribution in [0.25, 0.3) is 0 Å². The number of amides is 1. The third-order valence-electron chi connectivity index (χ3n) is 11.5. The Bertz CT molecular complexity index is 1030. The average Bonchev–Trinajstić information content (AvgIpc) is 3.41.